The Morgan fingerprint density at radius 3 is 2.41 bits per heavy atom. The number of carbonyl (C=O) groups is 2. The molecule has 1 fully saturated rings. The van der Waals surface area contributed by atoms with Crippen LogP contribution in [0.3, 0.4) is 0 Å². The van der Waals surface area contributed by atoms with E-state index in [1.54, 1.807) is 12.3 Å². The Kier molecular flexibility index (Phi) is 9.64. The van der Waals surface area contributed by atoms with E-state index in [4.69, 9.17) is 14.0 Å². The number of ether oxygens (including phenoxy) is 2. The van der Waals surface area contributed by atoms with Gasteiger partial charge in [-0.05, 0) is 24.3 Å². The molecule has 0 radical (unpaired) electrons. The molecule has 1 unspecified atom stereocenters. The van der Waals surface area contributed by atoms with Crippen LogP contribution < -0.4 is 15.4 Å². The summed E-state index contributed by atoms with van der Waals surface area (Å²) < 4.78 is 16.7. The van der Waals surface area contributed by atoms with Gasteiger partial charge in [-0.1, -0.05) is 53.7 Å². The number of carbonyl (C=O) groups excluding carboxylic acids is 2. The molecule has 2 N–H and O–H groups in total. The van der Waals surface area contributed by atoms with E-state index >= 15 is 0 Å². The average Bonchev–Trinajstić information content (AvgIpc) is 3.51. The zero-order valence-corrected chi connectivity index (χ0v) is 22.6. The highest BCUT2D eigenvalue weighted by Gasteiger charge is 2.24. The fourth-order valence-corrected chi connectivity index (χ4v) is 4.38. The lowest BCUT2D eigenvalue weighted by Gasteiger charge is -2.34. The van der Waals surface area contributed by atoms with Crippen LogP contribution in [0, 0.1) is 0 Å². The molecule has 1 saturated heterocycles. The van der Waals surface area contributed by atoms with Crippen LogP contribution in [0.15, 0.2) is 83.5 Å². The maximum atomic E-state index is 12.8. The predicted octanol–water partition coefficient (Wildman–Crippen LogP) is 2.61. The third-order valence-electron chi connectivity index (χ3n) is 6.64. The molecule has 3 heterocycles. The number of pyridine rings is 1. The number of rotatable bonds is 12. The molecule has 1 aliphatic heterocycles. The molecule has 0 saturated carbocycles. The molecule has 0 aliphatic carbocycles. The number of aromatic nitrogens is 3. The predicted molar refractivity (Wildman–Crippen MR) is 150 cm³/mol. The smallest absolute Gasteiger partial charge is 0.292 e. The van der Waals surface area contributed by atoms with E-state index in [0.717, 1.165) is 30.1 Å². The standard InChI is InChI=1S/C30H32N6O5/c37-29(23-11-12-26(32-19-23)22-7-3-1-4-8-22)31-14-13-27-34-28(35-41-27)30(38)33-20-24(36-15-17-39-18-16-36)21-40-25-9-5-2-6-10-25/h1-12,19,24H,13-18,20-21H2,(H,31,37)(H,33,38). The van der Waals surface area contributed by atoms with E-state index in [9.17, 15) is 9.59 Å². The van der Waals surface area contributed by atoms with E-state index in [0.29, 0.717) is 31.9 Å². The van der Waals surface area contributed by atoms with E-state index in [-0.39, 0.29) is 36.6 Å². The highest BCUT2D eigenvalue weighted by atomic mass is 16.5. The quantitative estimate of drug-likeness (QED) is 0.270. The number of hydrogen-bond donors (Lipinski definition) is 2. The van der Waals surface area contributed by atoms with E-state index in [2.05, 4.69) is 30.7 Å². The lowest BCUT2D eigenvalue weighted by Crippen LogP contribution is -2.51. The summed E-state index contributed by atoms with van der Waals surface area (Å²) in [4.78, 5) is 36.1. The summed E-state index contributed by atoms with van der Waals surface area (Å²) in [6.07, 6.45) is 1.82. The molecule has 11 heteroatoms. The van der Waals surface area contributed by atoms with Gasteiger partial charge >= 0.3 is 0 Å². The summed E-state index contributed by atoms with van der Waals surface area (Å²) in [6.45, 7) is 3.80. The van der Waals surface area contributed by atoms with Gasteiger partial charge < -0.3 is 24.6 Å². The van der Waals surface area contributed by atoms with Crippen LogP contribution in [0.2, 0.25) is 0 Å². The zero-order chi connectivity index (χ0) is 28.3. The minimum Gasteiger partial charge on any atom is -0.492 e. The largest absolute Gasteiger partial charge is 0.492 e. The van der Waals surface area contributed by atoms with Gasteiger partial charge in [0.05, 0.1) is 30.5 Å². The molecule has 1 aliphatic rings. The molecule has 2 aromatic heterocycles. The second-order valence-electron chi connectivity index (χ2n) is 9.45. The summed E-state index contributed by atoms with van der Waals surface area (Å²) in [5.74, 6) is 0.266. The topological polar surface area (TPSA) is 132 Å². The lowest BCUT2D eigenvalue weighted by molar-refractivity contribution is 0.00641. The van der Waals surface area contributed by atoms with Crippen molar-refractivity contribution in [2.75, 3.05) is 46.0 Å². The van der Waals surface area contributed by atoms with Crippen LogP contribution in [0.4, 0.5) is 0 Å². The number of nitrogens with zero attached hydrogens (tertiary/aromatic N) is 4. The fourth-order valence-electron chi connectivity index (χ4n) is 4.38. The van der Waals surface area contributed by atoms with Crippen LogP contribution in [0.5, 0.6) is 5.75 Å². The Hall–Kier alpha value is -4.61. The first-order chi connectivity index (χ1) is 20.2. The molecule has 11 nitrogen and oxygen atoms in total. The Bertz CT molecular complexity index is 1390. The summed E-state index contributed by atoms with van der Waals surface area (Å²) >= 11 is 0. The number of amides is 2. The Balaban J connectivity index is 1.08. The molecule has 2 amide bonds. The first kappa shape index (κ1) is 27.9. The van der Waals surface area contributed by atoms with Crippen molar-refractivity contribution in [1.29, 1.82) is 0 Å². The summed E-state index contributed by atoms with van der Waals surface area (Å²) in [5, 5.41) is 9.52. The van der Waals surface area contributed by atoms with Gasteiger partial charge in [-0.2, -0.15) is 4.98 Å². The summed E-state index contributed by atoms with van der Waals surface area (Å²) in [6, 6.07) is 22.8. The number of benzene rings is 2. The lowest BCUT2D eigenvalue weighted by atomic mass is 10.1. The second-order valence-corrected chi connectivity index (χ2v) is 9.45. The zero-order valence-electron chi connectivity index (χ0n) is 22.6. The van der Waals surface area contributed by atoms with Crippen molar-refractivity contribution in [2.45, 2.75) is 12.5 Å². The monoisotopic (exact) mass is 556 g/mol. The molecule has 5 rings (SSSR count). The Morgan fingerprint density at radius 2 is 1.68 bits per heavy atom. The third-order valence-corrected chi connectivity index (χ3v) is 6.64. The van der Waals surface area contributed by atoms with Crippen LogP contribution in [-0.4, -0.2) is 83.9 Å². The first-order valence-corrected chi connectivity index (χ1v) is 13.6. The van der Waals surface area contributed by atoms with Crippen molar-refractivity contribution >= 4 is 11.8 Å². The normalized spacial score (nSPS) is 14.2. The highest BCUT2D eigenvalue weighted by molar-refractivity contribution is 5.94. The molecule has 0 bridgehead atoms. The van der Waals surface area contributed by atoms with Crippen LogP contribution in [0.25, 0.3) is 11.3 Å². The Morgan fingerprint density at radius 1 is 0.927 bits per heavy atom. The van der Waals surface area contributed by atoms with Gasteiger partial charge in [-0.15, -0.1) is 0 Å². The van der Waals surface area contributed by atoms with E-state index < -0.39 is 5.91 Å². The van der Waals surface area contributed by atoms with Crippen LogP contribution >= 0.6 is 0 Å². The van der Waals surface area contributed by atoms with Crippen molar-refractivity contribution in [3.05, 3.63) is 96.3 Å². The van der Waals surface area contributed by atoms with Crippen LogP contribution in [0.1, 0.15) is 26.9 Å². The molecule has 1 atom stereocenters. The maximum Gasteiger partial charge on any atom is 0.292 e. The molecule has 41 heavy (non-hydrogen) atoms. The van der Waals surface area contributed by atoms with Gasteiger partial charge in [-0.3, -0.25) is 19.5 Å². The first-order valence-electron chi connectivity index (χ1n) is 13.6. The van der Waals surface area contributed by atoms with Crippen molar-refractivity contribution in [2.24, 2.45) is 0 Å². The van der Waals surface area contributed by atoms with E-state index in [1.165, 1.54) is 0 Å². The molecule has 4 aromatic rings. The number of para-hydroxylation sites is 1. The molecular weight excluding hydrogens is 524 g/mol. The maximum absolute atomic E-state index is 12.8. The van der Waals surface area contributed by atoms with Gasteiger partial charge in [0.1, 0.15) is 12.4 Å². The van der Waals surface area contributed by atoms with Crippen molar-refractivity contribution in [3.63, 3.8) is 0 Å². The molecule has 212 valence electrons. The fraction of sp³-hybridized carbons (Fsp3) is 0.300. The summed E-state index contributed by atoms with van der Waals surface area (Å²) in [7, 11) is 0. The highest BCUT2D eigenvalue weighted by Crippen LogP contribution is 2.16. The SMILES string of the molecule is O=C(NCCc1nc(C(=O)NCC(COc2ccccc2)N2CCOCC2)no1)c1ccc(-c2ccccc2)nc1. The van der Waals surface area contributed by atoms with Gasteiger partial charge in [-0.25, -0.2) is 0 Å². The molecule has 0 spiro atoms. The van der Waals surface area contributed by atoms with Crippen LogP contribution in [-0.2, 0) is 11.2 Å². The number of nitrogens with one attached hydrogen (secondary N) is 2. The molecule has 2 aromatic carbocycles. The third kappa shape index (κ3) is 7.96. The number of morpholine rings is 1. The second kappa shape index (κ2) is 14.1. The average molecular weight is 557 g/mol. The van der Waals surface area contributed by atoms with E-state index in [1.807, 2.05) is 66.7 Å². The Labute approximate surface area is 237 Å². The van der Waals surface area contributed by atoms with Gasteiger partial charge in [0.2, 0.25) is 5.89 Å². The van der Waals surface area contributed by atoms with Crippen molar-refractivity contribution < 1.29 is 23.6 Å². The summed E-state index contributed by atoms with van der Waals surface area (Å²) in [5.41, 5.74) is 2.22. The van der Waals surface area contributed by atoms with Gasteiger partial charge in [0.25, 0.3) is 17.6 Å². The minimum absolute atomic E-state index is 0.0547. The van der Waals surface area contributed by atoms with Crippen molar-refractivity contribution in [3.8, 4) is 17.0 Å². The number of hydrogen-bond acceptors (Lipinski definition) is 9. The minimum atomic E-state index is -0.438. The van der Waals surface area contributed by atoms with Gasteiger partial charge in [0, 0.05) is 44.4 Å². The van der Waals surface area contributed by atoms with Gasteiger partial charge in [0.15, 0.2) is 0 Å². The molecular formula is C30H32N6O5. The van der Waals surface area contributed by atoms with Crippen molar-refractivity contribution in [1.82, 2.24) is 30.7 Å².